The summed E-state index contributed by atoms with van der Waals surface area (Å²) in [6, 6.07) is -0.0858. The van der Waals surface area contributed by atoms with E-state index in [0.29, 0.717) is 0 Å². The van der Waals surface area contributed by atoms with Crippen LogP contribution >= 0.6 is 0 Å². The molecular weight excluding hydrogens is 180 g/mol. The SMILES string of the molecule is CC[C@@H](N)[C@@H](C)NC(=O)OC(C)(C)C. The average molecular weight is 202 g/mol. The summed E-state index contributed by atoms with van der Waals surface area (Å²) in [5, 5.41) is 2.70. The Kier molecular flexibility index (Phi) is 4.91. The zero-order chi connectivity index (χ0) is 11.4. The third kappa shape index (κ3) is 5.80. The van der Waals surface area contributed by atoms with E-state index in [-0.39, 0.29) is 12.1 Å². The molecule has 0 aromatic heterocycles. The van der Waals surface area contributed by atoms with Gasteiger partial charge in [0.1, 0.15) is 5.60 Å². The first-order valence-corrected chi connectivity index (χ1v) is 5.01. The van der Waals surface area contributed by atoms with Crippen molar-refractivity contribution >= 4 is 6.09 Å². The molecule has 0 unspecified atom stereocenters. The topological polar surface area (TPSA) is 64.3 Å². The quantitative estimate of drug-likeness (QED) is 0.731. The number of ether oxygens (including phenoxy) is 1. The van der Waals surface area contributed by atoms with Gasteiger partial charge in [-0.25, -0.2) is 4.79 Å². The first kappa shape index (κ1) is 13.2. The lowest BCUT2D eigenvalue weighted by Gasteiger charge is -2.24. The van der Waals surface area contributed by atoms with Crippen molar-refractivity contribution in [1.82, 2.24) is 5.32 Å². The summed E-state index contributed by atoms with van der Waals surface area (Å²) >= 11 is 0. The molecule has 1 amide bonds. The molecule has 84 valence electrons. The van der Waals surface area contributed by atoms with Crippen LogP contribution in [0, 0.1) is 0 Å². The summed E-state index contributed by atoms with van der Waals surface area (Å²) in [6.45, 7) is 9.35. The number of carbonyl (C=O) groups is 1. The van der Waals surface area contributed by atoms with Gasteiger partial charge in [-0.05, 0) is 34.1 Å². The number of alkyl carbamates (subject to hydrolysis) is 1. The molecule has 0 bridgehead atoms. The van der Waals surface area contributed by atoms with Gasteiger partial charge in [-0.15, -0.1) is 0 Å². The van der Waals surface area contributed by atoms with Crippen LogP contribution in [-0.2, 0) is 4.74 Å². The van der Waals surface area contributed by atoms with Gasteiger partial charge in [0.2, 0.25) is 0 Å². The second-order valence-corrected chi connectivity index (χ2v) is 4.51. The van der Waals surface area contributed by atoms with Crippen LogP contribution in [-0.4, -0.2) is 23.8 Å². The number of hydrogen-bond donors (Lipinski definition) is 2. The van der Waals surface area contributed by atoms with Crippen molar-refractivity contribution in [3.8, 4) is 0 Å². The van der Waals surface area contributed by atoms with E-state index in [2.05, 4.69) is 5.32 Å². The molecule has 2 atom stereocenters. The van der Waals surface area contributed by atoms with Crippen molar-refractivity contribution in [3.63, 3.8) is 0 Å². The molecule has 0 fully saturated rings. The molecule has 0 saturated carbocycles. The van der Waals surface area contributed by atoms with E-state index < -0.39 is 11.7 Å². The van der Waals surface area contributed by atoms with Gasteiger partial charge < -0.3 is 15.8 Å². The number of hydrogen-bond acceptors (Lipinski definition) is 3. The Morgan fingerprint density at radius 1 is 1.50 bits per heavy atom. The minimum atomic E-state index is -0.458. The molecule has 0 aromatic carbocycles. The van der Waals surface area contributed by atoms with Gasteiger partial charge >= 0.3 is 6.09 Å². The van der Waals surface area contributed by atoms with Crippen molar-refractivity contribution in [2.45, 2.75) is 58.7 Å². The molecule has 0 aliphatic heterocycles. The highest BCUT2D eigenvalue weighted by Gasteiger charge is 2.19. The summed E-state index contributed by atoms with van der Waals surface area (Å²) in [4.78, 5) is 11.3. The zero-order valence-corrected chi connectivity index (χ0v) is 9.76. The molecule has 4 heteroatoms. The largest absolute Gasteiger partial charge is 0.444 e. The molecule has 0 aliphatic rings. The third-order valence-electron chi connectivity index (χ3n) is 1.86. The van der Waals surface area contributed by atoms with Crippen LogP contribution in [0.2, 0.25) is 0 Å². The summed E-state index contributed by atoms with van der Waals surface area (Å²) in [7, 11) is 0. The molecule has 0 heterocycles. The van der Waals surface area contributed by atoms with Gasteiger partial charge in [-0.3, -0.25) is 0 Å². The third-order valence-corrected chi connectivity index (χ3v) is 1.86. The minimum Gasteiger partial charge on any atom is -0.444 e. The van der Waals surface area contributed by atoms with Crippen molar-refractivity contribution in [2.75, 3.05) is 0 Å². The summed E-state index contributed by atoms with van der Waals surface area (Å²) < 4.78 is 5.10. The van der Waals surface area contributed by atoms with Gasteiger partial charge in [0.15, 0.2) is 0 Å². The molecular formula is C10H22N2O2. The van der Waals surface area contributed by atoms with Gasteiger partial charge in [0.05, 0.1) is 0 Å². The van der Waals surface area contributed by atoms with Crippen LogP contribution in [0.4, 0.5) is 4.79 Å². The second kappa shape index (κ2) is 5.20. The molecule has 0 saturated heterocycles. The van der Waals surface area contributed by atoms with Gasteiger partial charge in [-0.2, -0.15) is 0 Å². The van der Waals surface area contributed by atoms with E-state index in [1.807, 2.05) is 34.6 Å². The Balaban J connectivity index is 3.95. The van der Waals surface area contributed by atoms with Crippen LogP contribution in [0.5, 0.6) is 0 Å². The smallest absolute Gasteiger partial charge is 0.407 e. The Hall–Kier alpha value is -0.770. The van der Waals surface area contributed by atoms with E-state index in [1.54, 1.807) is 0 Å². The second-order valence-electron chi connectivity index (χ2n) is 4.51. The van der Waals surface area contributed by atoms with E-state index in [1.165, 1.54) is 0 Å². The van der Waals surface area contributed by atoms with Crippen molar-refractivity contribution < 1.29 is 9.53 Å². The van der Waals surface area contributed by atoms with E-state index in [4.69, 9.17) is 10.5 Å². The highest BCUT2D eigenvalue weighted by Crippen LogP contribution is 2.07. The first-order chi connectivity index (χ1) is 6.26. The van der Waals surface area contributed by atoms with Gasteiger partial charge in [0, 0.05) is 12.1 Å². The lowest BCUT2D eigenvalue weighted by atomic mass is 10.1. The van der Waals surface area contributed by atoms with Crippen LogP contribution in [0.25, 0.3) is 0 Å². The standard InChI is InChI=1S/C10H22N2O2/c1-6-8(11)7(2)12-9(13)14-10(3,4)5/h7-8H,6,11H2,1-5H3,(H,12,13)/t7-,8-/m1/s1. The maximum absolute atomic E-state index is 11.3. The molecule has 0 radical (unpaired) electrons. The molecule has 0 aliphatic carbocycles. The van der Waals surface area contributed by atoms with Crippen molar-refractivity contribution in [1.29, 1.82) is 0 Å². The number of nitrogens with two attached hydrogens (primary N) is 1. The average Bonchev–Trinajstić information content (AvgIpc) is 1.99. The summed E-state index contributed by atoms with van der Waals surface area (Å²) in [6.07, 6.45) is 0.422. The fraction of sp³-hybridized carbons (Fsp3) is 0.900. The predicted octanol–water partition coefficient (Wildman–Crippen LogP) is 1.64. The molecule has 0 aromatic rings. The minimum absolute atomic E-state index is 0.0254. The van der Waals surface area contributed by atoms with Gasteiger partial charge in [0.25, 0.3) is 0 Å². The van der Waals surface area contributed by atoms with E-state index >= 15 is 0 Å². The predicted molar refractivity (Wildman–Crippen MR) is 57.1 cm³/mol. The Morgan fingerprint density at radius 2 is 2.00 bits per heavy atom. The van der Waals surface area contributed by atoms with Crippen LogP contribution < -0.4 is 11.1 Å². The molecule has 3 N–H and O–H groups in total. The zero-order valence-electron chi connectivity index (χ0n) is 9.76. The fourth-order valence-corrected chi connectivity index (χ4v) is 0.954. The Morgan fingerprint density at radius 3 is 2.36 bits per heavy atom. The van der Waals surface area contributed by atoms with Crippen molar-refractivity contribution in [3.05, 3.63) is 0 Å². The fourth-order valence-electron chi connectivity index (χ4n) is 0.954. The molecule has 14 heavy (non-hydrogen) atoms. The Labute approximate surface area is 86.2 Å². The van der Waals surface area contributed by atoms with E-state index in [0.717, 1.165) is 6.42 Å². The lowest BCUT2D eigenvalue weighted by Crippen LogP contribution is -2.46. The lowest BCUT2D eigenvalue weighted by molar-refractivity contribution is 0.0501. The van der Waals surface area contributed by atoms with Crippen LogP contribution in [0.15, 0.2) is 0 Å². The van der Waals surface area contributed by atoms with Crippen LogP contribution in [0.3, 0.4) is 0 Å². The number of rotatable bonds is 3. The number of amides is 1. The van der Waals surface area contributed by atoms with Crippen LogP contribution in [0.1, 0.15) is 41.0 Å². The summed E-state index contributed by atoms with van der Waals surface area (Å²) in [5.74, 6) is 0. The normalized spacial score (nSPS) is 15.9. The van der Waals surface area contributed by atoms with E-state index in [9.17, 15) is 4.79 Å². The Bertz CT molecular complexity index is 187. The highest BCUT2D eigenvalue weighted by atomic mass is 16.6. The number of nitrogens with one attached hydrogen (secondary N) is 1. The summed E-state index contributed by atoms with van der Waals surface area (Å²) in [5.41, 5.74) is 5.30. The monoisotopic (exact) mass is 202 g/mol. The molecule has 0 rings (SSSR count). The number of carbonyl (C=O) groups excluding carboxylic acids is 1. The van der Waals surface area contributed by atoms with Gasteiger partial charge in [-0.1, -0.05) is 6.92 Å². The molecule has 4 nitrogen and oxygen atoms in total. The molecule has 0 spiro atoms. The first-order valence-electron chi connectivity index (χ1n) is 5.01. The maximum Gasteiger partial charge on any atom is 0.407 e. The van der Waals surface area contributed by atoms with Crippen molar-refractivity contribution in [2.24, 2.45) is 5.73 Å². The maximum atomic E-state index is 11.3. The highest BCUT2D eigenvalue weighted by molar-refractivity contribution is 5.68.